The number of hydrogen-bond donors (Lipinski definition) is 0. The van der Waals surface area contributed by atoms with Crippen molar-refractivity contribution < 1.29 is 9.59 Å². The Morgan fingerprint density at radius 2 is 1.96 bits per heavy atom. The van der Waals surface area contributed by atoms with Gasteiger partial charge in [-0.1, -0.05) is 20.8 Å². The van der Waals surface area contributed by atoms with Gasteiger partial charge in [0, 0.05) is 32.3 Å². The highest BCUT2D eigenvalue weighted by Gasteiger charge is 2.35. The zero-order valence-electron chi connectivity index (χ0n) is 16.2. The normalized spacial score (nSPS) is 18.2. The van der Waals surface area contributed by atoms with Gasteiger partial charge in [0.1, 0.15) is 5.56 Å². The number of aromatic nitrogens is 3. The minimum absolute atomic E-state index is 0.0526. The van der Waals surface area contributed by atoms with Crippen molar-refractivity contribution in [1.29, 1.82) is 0 Å². The molecule has 1 aliphatic rings. The van der Waals surface area contributed by atoms with E-state index in [1.807, 2.05) is 31.7 Å². The highest BCUT2D eigenvalue weighted by Crippen LogP contribution is 2.34. The summed E-state index contributed by atoms with van der Waals surface area (Å²) in [5, 5.41) is 4.42. The molecule has 0 spiro atoms. The summed E-state index contributed by atoms with van der Waals surface area (Å²) in [6.07, 6.45) is 6.22. The van der Waals surface area contributed by atoms with E-state index in [-0.39, 0.29) is 17.9 Å². The molecule has 0 aliphatic carbocycles. The number of fused-ring (bicyclic) bond motifs is 1. The van der Waals surface area contributed by atoms with Crippen molar-refractivity contribution in [3.63, 3.8) is 0 Å². The van der Waals surface area contributed by atoms with Crippen LogP contribution in [0.15, 0.2) is 18.5 Å². The number of carbonyl (C=O) groups is 2. The van der Waals surface area contributed by atoms with Crippen LogP contribution in [0, 0.1) is 5.41 Å². The van der Waals surface area contributed by atoms with Crippen LogP contribution in [0.5, 0.6) is 0 Å². The third kappa shape index (κ3) is 3.18. The molecular weight excluding hydrogens is 330 g/mol. The van der Waals surface area contributed by atoms with Crippen LogP contribution in [-0.4, -0.2) is 56.9 Å². The summed E-state index contributed by atoms with van der Waals surface area (Å²) in [7, 11) is 3.42. The van der Waals surface area contributed by atoms with E-state index in [1.54, 1.807) is 31.0 Å². The molecule has 0 saturated carbocycles. The van der Waals surface area contributed by atoms with Gasteiger partial charge >= 0.3 is 0 Å². The van der Waals surface area contributed by atoms with Crippen molar-refractivity contribution in [1.82, 2.24) is 24.4 Å². The van der Waals surface area contributed by atoms with E-state index in [0.29, 0.717) is 11.2 Å². The average molecular weight is 357 g/mol. The van der Waals surface area contributed by atoms with Crippen LogP contribution in [0.4, 0.5) is 0 Å². The summed E-state index contributed by atoms with van der Waals surface area (Å²) in [5.41, 5.74) is 1.49. The standard InChI is InChI=1S/C19H27N5O2/c1-19(2,3)18(26)23-11-7-6-8-14(23)15-9-10-20-16-13(12-21-24(15)16)17(25)22(4)5/h9-10,12,14H,6-8,11H2,1-5H3/t14-/m1/s1. The smallest absolute Gasteiger partial charge is 0.258 e. The third-order valence-electron chi connectivity index (χ3n) is 4.81. The summed E-state index contributed by atoms with van der Waals surface area (Å²) in [6.45, 7) is 6.59. The Kier molecular flexibility index (Phi) is 4.73. The van der Waals surface area contributed by atoms with Gasteiger partial charge in [0.25, 0.3) is 5.91 Å². The van der Waals surface area contributed by atoms with E-state index in [9.17, 15) is 9.59 Å². The van der Waals surface area contributed by atoms with Crippen LogP contribution >= 0.6 is 0 Å². The molecule has 26 heavy (non-hydrogen) atoms. The van der Waals surface area contributed by atoms with Crippen molar-refractivity contribution in [3.8, 4) is 0 Å². The molecule has 1 atom stereocenters. The van der Waals surface area contributed by atoms with Crippen molar-refractivity contribution in [2.75, 3.05) is 20.6 Å². The molecule has 7 heteroatoms. The molecular formula is C19H27N5O2. The number of rotatable bonds is 2. The minimum atomic E-state index is -0.433. The number of carbonyl (C=O) groups excluding carboxylic acids is 2. The maximum absolute atomic E-state index is 13.0. The molecule has 0 unspecified atom stereocenters. The van der Waals surface area contributed by atoms with Gasteiger partial charge in [0.2, 0.25) is 5.91 Å². The maximum Gasteiger partial charge on any atom is 0.258 e. The van der Waals surface area contributed by atoms with Gasteiger partial charge in [-0.2, -0.15) is 5.10 Å². The SMILES string of the molecule is CN(C)C(=O)c1cnn2c([C@H]3CCCCN3C(=O)C(C)(C)C)ccnc12. The Morgan fingerprint density at radius 3 is 2.62 bits per heavy atom. The van der Waals surface area contributed by atoms with E-state index in [4.69, 9.17) is 0 Å². The second kappa shape index (κ2) is 6.70. The first-order valence-corrected chi connectivity index (χ1v) is 9.07. The van der Waals surface area contributed by atoms with Crippen LogP contribution in [0.2, 0.25) is 0 Å². The number of piperidine rings is 1. The van der Waals surface area contributed by atoms with Crippen molar-refractivity contribution >= 4 is 17.5 Å². The predicted molar refractivity (Wildman–Crippen MR) is 98.8 cm³/mol. The van der Waals surface area contributed by atoms with Gasteiger partial charge in [-0.05, 0) is 25.3 Å². The molecule has 0 N–H and O–H groups in total. The maximum atomic E-state index is 13.0. The van der Waals surface area contributed by atoms with E-state index in [1.165, 1.54) is 4.90 Å². The van der Waals surface area contributed by atoms with Crippen molar-refractivity contribution in [2.45, 2.75) is 46.1 Å². The van der Waals surface area contributed by atoms with Crippen LogP contribution in [-0.2, 0) is 4.79 Å². The lowest BCUT2D eigenvalue weighted by molar-refractivity contribution is -0.143. The van der Waals surface area contributed by atoms with Crippen LogP contribution in [0.25, 0.3) is 5.65 Å². The van der Waals surface area contributed by atoms with E-state index in [2.05, 4.69) is 10.1 Å². The molecule has 2 aromatic heterocycles. The quantitative estimate of drug-likeness (QED) is 0.828. The van der Waals surface area contributed by atoms with E-state index >= 15 is 0 Å². The Bertz CT molecular complexity index is 834. The second-order valence-electron chi connectivity index (χ2n) is 8.12. The predicted octanol–water partition coefficient (Wildman–Crippen LogP) is 2.53. The fourth-order valence-electron chi connectivity index (χ4n) is 3.47. The fraction of sp³-hybridized carbons (Fsp3) is 0.579. The second-order valence-corrected chi connectivity index (χ2v) is 8.12. The molecule has 1 saturated heterocycles. The molecule has 0 radical (unpaired) electrons. The summed E-state index contributed by atoms with van der Waals surface area (Å²) in [5.74, 6) is 0.0137. The first-order valence-electron chi connectivity index (χ1n) is 9.07. The van der Waals surface area contributed by atoms with Gasteiger partial charge in [0.15, 0.2) is 5.65 Å². The van der Waals surface area contributed by atoms with Gasteiger partial charge < -0.3 is 9.80 Å². The van der Waals surface area contributed by atoms with Crippen LogP contribution in [0.3, 0.4) is 0 Å². The molecule has 3 rings (SSSR count). The Balaban J connectivity index is 2.06. The van der Waals surface area contributed by atoms with Crippen molar-refractivity contribution in [3.05, 3.63) is 29.7 Å². The lowest BCUT2D eigenvalue weighted by Crippen LogP contribution is -2.44. The molecule has 0 aromatic carbocycles. The number of hydrogen-bond acceptors (Lipinski definition) is 4. The summed E-state index contributed by atoms with van der Waals surface area (Å²) in [4.78, 5) is 33.2. The number of amides is 2. The number of likely N-dealkylation sites (tertiary alicyclic amines) is 1. The van der Waals surface area contributed by atoms with Crippen LogP contribution in [0.1, 0.15) is 62.1 Å². The summed E-state index contributed by atoms with van der Waals surface area (Å²) < 4.78 is 1.72. The highest BCUT2D eigenvalue weighted by atomic mass is 16.2. The molecule has 2 aromatic rings. The molecule has 140 valence electrons. The Morgan fingerprint density at radius 1 is 1.23 bits per heavy atom. The summed E-state index contributed by atoms with van der Waals surface area (Å²) >= 11 is 0. The average Bonchev–Trinajstić information content (AvgIpc) is 3.03. The molecule has 0 bridgehead atoms. The zero-order chi connectivity index (χ0) is 19.1. The molecule has 1 fully saturated rings. The molecule has 3 heterocycles. The van der Waals surface area contributed by atoms with Crippen molar-refractivity contribution in [2.24, 2.45) is 5.41 Å². The lowest BCUT2D eigenvalue weighted by atomic mass is 9.90. The largest absolute Gasteiger partial charge is 0.345 e. The monoisotopic (exact) mass is 357 g/mol. The third-order valence-corrected chi connectivity index (χ3v) is 4.81. The first-order chi connectivity index (χ1) is 12.2. The summed E-state index contributed by atoms with van der Waals surface area (Å²) in [6, 6.07) is 1.85. The topological polar surface area (TPSA) is 70.8 Å². The fourth-order valence-corrected chi connectivity index (χ4v) is 3.47. The molecule has 7 nitrogen and oxygen atoms in total. The Hall–Kier alpha value is -2.44. The highest BCUT2D eigenvalue weighted by molar-refractivity contribution is 5.99. The van der Waals surface area contributed by atoms with E-state index in [0.717, 1.165) is 31.5 Å². The molecule has 1 aliphatic heterocycles. The minimum Gasteiger partial charge on any atom is -0.345 e. The molecule has 2 amide bonds. The van der Waals surface area contributed by atoms with Gasteiger partial charge in [-0.25, -0.2) is 9.50 Å². The van der Waals surface area contributed by atoms with Gasteiger partial charge in [0.05, 0.1) is 17.9 Å². The van der Waals surface area contributed by atoms with Gasteiger partial charge in [-0.3, -0.25) is 9.59 Å². The van der Waals surface area contributed by atoms with E-state index < -0.39 is 5.41 Å². The van der Waals surface area contributed by atoms with Gasteiger partial charge in [-0.15, -0.1) is 0 Å². The number of nitrogens with zero attached hydrogens (tertiary/aromatic N) is 5. The van der Waals surface area contributed by atoms with Crippen LogP contribution < -0.4 is 0 Å². The first kappa shape index (κ1) is 18.4. The zero-order valence-corrected chi connectivity index (χ0v) is 16.2. The lowest BCUT2D eigenvalue weighted by Gasteiger charge is -2.39. The Labute approximate surface area is 154 Å².